The van der Waals surface area contributed by atoms with Gasteiger partial charge in [-0.25, -0.2) is 9.07 Å². The Morgan fingerprint density at radius 1 is 1.35 bits per heavy atom. The summed E-state index contributed by atoms with van der Waals surface area (Å²) in [5.41, 5.74) is 3.27. The van der Waals surface area contributed by atoms with Gasteiger partial charge in [-0.2, -0.15) is 5.10 Å². The van der Waals surface area contributed by atoms with Crippen LogP contribution in [0.25, 0.3) is 5.69 Å². The summed E-state index contributed by atoms with van der Waals surface area (Å²) in [4.78, 5) is 0. The summed E-state index contributed by atoms with van der Waals surface area (Å²) in [7, 11) is 0. The van der Waals surface area contributed by atoms with Crippen molar-refractivity contribution in [2.75, 3.05) is 19.6 Å². The molecule has 1 atom stereocenters. The van der Waals surface area contributed by atoms with Crippen molar-refractivity contribution in [3.05, 3.63) is 47.0 Å². The lowest BCUT2D eigenvalue weighted by atomic mass is 10.0. The minimum atomic E-state index is -0.658. The predicted octanol–water partition coefficient (Wildman–Crippen LogP) is 1.44. The molecular weight excluding hydrogens is 295 g/mol. The standard InChI is InChI=1S/C17H23FN4O/c1-12-16(9-20-11-17(23)7-8-19-10-17)13(2)22(21-12)15-5-3-14(18)4-6-15/h3-6,19-20,23H,7-11H2,1-2H3/t17-/m0/s1. The van der Waals surface area contributed by atoms with Gasteiger partial charge < -0.3 is 15.7 Å². The Kier molecular flexibility index (Phi) is 4.48. The normalized spacial score (nSPS) is 21.0. The van der Waals surface area contributed by atoms with Crippen molar-refractivity contribution in [1.82, 2.24) is 20.4 Å². The molecule has 5 nitrogen and oxygen atoms in total. The van der Waals surface area contributed by atoms with Gasteiger partial charge in [-0.3, -0.25) is 0 Å². The van der Waals surface area contributed by atoms with Crippen LogP contribution in [0.1, 0.15) is 23.4 Å². The molecular formula is C17H23FN4O. The smallest absolute Gasteiger partial charge is 0.123 e. The SMILES string of the molecule is Cc1nn(-c2ccc(F)cc2)c(C)c1CNC[C@]1(O)CCNC1. The predicted molar refractivity (Wildman–Crippen MR) is 87.1 cm³/mol. The molecule has 124 valence electrons. The second-order valence-corrected chi connectivity index (χ2v) is 6.29. The summed E-state index contributed by atoms with van der Waals surface area (Å²) in [6, 6.07) is 6.32. The Balaban J connectivity index is 1.72. The topological polar surface area (TPSA) is 62.1 Å². The van der Waals surface area contributed by atoms with Crippen molar-refractivity contribution in [3.8, 4) is 5.69 Å². The zero-order valence-corrected chi connectivity index (χ0v) is 13.6. The van der Waals surface area contributed by atoms with E-state index in [1.807, 2.05) is 18.5 Å². The van der Waals surface area contributed by atoms with Crippen molar-refractivity contribution < 1.29 is 9.50 Å². The van der Waals surface area contributed by atoms with Crippen molar-refractivity contribution in [3.63, 3.8) is 0 Å². The molecule has 1 saturated heterocycles. The molecule has 2 aromatic rings. The van der Waals surface area contributed by atoms with E-state index in [4.69, 9.17) is 0 Å². The van der Waals surface area contributed by atoms with Crippen molar-refractivity contribution >= 4 is 0 Å². The lowest BCUT2D eigenvalue weighted by Gasteiger charge is -2.21. The van der Waals surface area contributed by atoms with Crippen LogP contribution >= 0.6 is 0 Å². The number of aliphatic hydroxyl groups is 1. The van der Waals surface area contributed by atoms with Crippen molar-refractivity contribution in [2.24, 2.45) is 0 Å². The first-order valence-corrected chi connectivity index (χ1v) is 7.93. The van der Waals surface area contributed by atoms with Gasteiger partial charge in [0.25, 0.3) is 0 Å². The lowest BCUT2D eigenvalue weighted by Crippen LogP contribution is -2.42. The van der Waals surface area contributed by atoms with E-state index in [0.717, 1.165) is 35.6 Å². The van der Waals surface area contributed by atoms with Gasteiger partial charge in [0.1, 0.15) is 5.82 Å². The zero-order valence-electron chi connectivity index (χ0n) is 13.6. The van der Waals surface area contributed by atoms with E-state index >= 15 is 0 Å². The van der Waals surface area contributed by atoms with E-state index in [1.54, 1.807) is 12.1 Å². The molecule has 0 bridgehead atoms. The van der Waals surface area contributed by atoms with Crippen LogP contribution in [0.15, 0.2) is 24.3 Å². The van der Waals surface area contributed by atoms with Gasteiger partial charge in [0.05, 0.1) is 17.0 Å². The maximum atomic E-state index is 13.1. The second kappa shape index (κ2) is 6.39. The molecule has 0 unspecified atom stereocenters. The maximum absolute atomic E-state index is 13.1. The number of nitrogens with zero attached hydrogens (tertiary/aromatic N) is 2. The number of hydrogen-bond donors (Lipinski definition) is 3. The highest BCUT2D eigenvalue weighted by Crippen LogP contribution is 2.19. The number of aryl methyl sites for hydroxylation is 1. The molecule has 23 heavy (non-hydrogen) atoms. The number of benzene rings is 1. The molecule has 0 saturated carbocycles. The Morgan fingerprint density at radius 2 is 2.09 bits per heavy atom. The second-order valence-electron chi connectivity index (χ2n) is 6.29. The fourth-order valence-corrected chi connectivity index (χ4v) is 3.07. The summed E-state index contributed by atoms with van der Waals surface area (Å²) in [5, 5.41) is 21.4. The Bertz CT molecular complexity index is 675. The molecule has 1 aliphatic heterocycles. The zero-order chi connectivity index (χ0) is 16.4. The van der Waals surface area contributed by atoms with Gasteiger partial charge >= 0.3 is 0 Å². The number of nitrogens with one attached hydrogen (secondary N) is 2. The molecule has 1 aromatic carbocycles. The first-order chi connectivity index (χ1) is 11.0. The molecule has 2 heterocycles. The summed E-state index contributed by atoms with van der Waals surface area (Å²) < 4.78 is 14.9. The summed E-state index contributed by atoms with van der Waals surface area (Å²) in [6.45, 7) is 6.68. The maximum Gasteiger partial charge on any atom is 0.123 e. The molecule has 6 heteroatoms. The Morgan fingerprint density at radius 3 is 2.74 bits per heavy atom. The highest BCUT2D eigenvalue weighted by molar-refractivity contribution is 5.37. The van der Waals surface area contributed by atoms with E-state index < -0.39 is 5.60 Å². The lowest BCUT2D eigenvalue weighted by molar-refractivity contribution is 0.0608. The number of aromatic nitrogens is 2. The minimum absolute atomic E-state index is 0.254. The molecule has 0 amide bonds. The quantitative estimate of drug-likeness (QED) is 0.781. The van der Waals surface area contributed by atoms with Gasteiger partial charge in [-0.05, 0) is 51.1 Å². The molecule has 1 aliphatic rings. The number of β-amino-alcohol motifs (C(OH)–C–C–N with tert-alkyl or cyclic N) is 1. The number of halogens is 1. The molecule has 0 radical (unpaired) electrons. The van der Waals surface area contributed by atoms with Crippen LogP contribution in [0, 0.1) is 19.7 Å². The van der Waals surface area contributed by atoms with Gasteiger partial charge in [0.15, 0.2) is 0 Å². The molecule has 1 aromatic heterocycles. The van der Waals surface area contributed by atoms with Crippen LogP contribution in [0.2, 0.25) is 0 Å². The van der Waals surface area contributed by atoms with E-state index in [1.165, 1.54) is 12.1 Å². The third kappa shape index (κ3) is 3.44. The van der Waals surface area contributed by atoms with Crippen molar-refractivity contribution in [1.29, 1.82) is 0 Å². The van der Waals surface area contributed by atoms with Crippen LogP contribution in [-0.2, 0) is 6.54 Å². The van der Waals surface area contributed by atoms with Crippen LogP contribution in [0.5, 0.6) is 0 Å². The summed E-state index contributed by atoms with van der Waals surface area (Å²) in [6.07, 6.45) is 0.771. The monoisotopic (exact) mass is 318 g/mol. The first kappa shape index (κ1) is 16.1. The summed E-state index contributed by atoms with van der Waals surface area (Å²) >= 11 is 0. The molecule has 0 spiro atoms. The van der Waals surface area contributed by atoms with Crippen LogP contribution < -0.4 is 10.6 Å². The third-order valence-corrected chi connectivity index (χ3v) is 4.49. The molecule has 3 rings (SSSR count). The van der Waals surface area contributed by atoms with Crippen LogP contribution in [0.4, 0.5) is 4.39 Å². The molecule has 3 N–H and O–H groups in total. The highest BCUT2D eigenvalue weighted by atomic mass is 19.1. The summed E-state index contributed by atoms with van der Waals surface area (Å²) in [5.74, 6) is -0.254. The van der Waals surface area contributed by atoms with Crippen LogP contribution in [0.3, 0.4) is 0 Å². The fraction of sp³-hybridized carbons (Fsp3) is 0.471. The van der Waals surface area contributed by atoms with E-state index in [-0.39, 0.29) is 5.82 Å². The number of hydrogen-bond acceptors (Lipinski definition) is 4. The fourth-order valence-electron chi connectivity index (χ4n) is 3.07. The van der Waals surface area contributed by atoms with Gasteiger partial charge in [-0.1, -0.05) is 0 Å². The third-order valence-electron chi connectivity index (χ3n) is 4.49. The minimum Gasteiger partial charge on any atom is -0.387 e. The Hall–Kier alpha value is -1.76. The largest absolute Gasteiger partial charge is 0.387 e. The van der Waals surface area contributed by atoms with Gasteiger partial charge in [0, 0.05) is 30.9 Å². The first-order valence-electron chi connectivity index (χ1n) is 7.93. The number of rotatable bonds is 5. The van der Waals surface area contributed by atoms with E-state index in [0.29, 0.717) is 19.6 Å². The average molecular weight is 318 g/mol. The Labute approximate surface area is 135 Å². The molecule has 0 aliphatic carbocycles. The molecule has 1 fully saturated rings. The van der Waals surface area contributed by atoms with Crippen molar-refractivity contribution in [2.45, 2.75) is 32.4 Å². The highest BCUT2D eigenvalue weighted by Gasteiger charge is 2.30. The van der Waals surface area contributed by atoms with E-state index in [9.17, 15) is 9.50 Å². The average Bonchev–Trinajstić information content (AvgIpc) is 3.07. The van der Waals surface area contributed by atoms with Crippen LogP contribution in [-0.4, -0.2) is 40.1 Å². The van der Waals surface area contributed by atoms with Gasteiger partial charge in [-0.15, -0.1) is 0 Å². The van der Waals surface area contributed by atoms with E-state index in [2.05, 4.69) is 15.7 Å². The van der Waals surface area contributed by atoms with Gasteiger partial charge in [0.2, 0.25) is 0 Å².